The van der Waals surface area contributed by atoms with Crippen LogP contribution in [0.15, 0.2) is 42.5 Å². The van der Waals surface area contributed by atoms with Crippen molar-refractivity contribution in [1.29, 1.82) is 0 Å². The van der Waals surface area contributed by atoms with Gasteiger partial charge in [-0.05, 0) is 54.7 Å². The Morgan fingerprint density at radius 2 is 1.81 bits per heavy atom. The van der Waals surface area contributed by atoms with Gasteiger partial charge >= 0.3 is 0 Å². The number of hydrogen-bond acceptors (Lipinski definition) is 4. The molecule has 8 heteroatoms. The summed E-state index contributed by atoms with van der Waals surface area (Å²) >= 11 is 0. The van der Waals surface area contributed by atoms with Crippen molar-refractivity contribution in [3.63, 3.8) is 0 Å². The summed E-state index contributed by atoms with van der Waals surface area (Å²) in [5.41, 5.74) is 1.68. The van der Waals surface area contributed by atoms with E-state index in [9.17, 15) is 18.4 Å². The third kappa shape index (κ3) is 6.03. The molecule has 1 N–H and O–H groups in total. The van der Waals surface area contributed by atoms with E-state index in [1.54, 1.807) is 13.2 Å². The number of likely N-dealkylation sites (tertiary alicyclic amines) is 2. The number of rotatable bonds is 9. The summed E-state index contributed by atoms with van der Waals surface area (Å²) in [7, 11) is 1.61. The summed E-state index contributed by atoms with van der Waals surface area (Å²) < 4.78 is 32.0. The minimum Gasteiger partial charge on any atom is -0.497 e. The Hall–Kier alpha value is -3.00. The average Bonchev–Trinajstić information content (AvgIpc) is 3.22. The van der Waals surface area contributed by atoms with Crippen molar-refractivity contribution in [2.45, 2.75) is 57.7 Å². The first-order valence-electron chi connectivity index (χ1n) is 12.8. The highest BCUT2D eigenvalue weighted by Gasteiger charge is 2.44. The van der Waals surface area contributed by atoms with Crippen LogP contribution in [0, 0.1) is 17.6 Å². The van der Waals surface area contributed by atoms with Crippen molar-refractivity contribution in [1.82, 2.24) is 15.1 Å². The van der Waals surface area contributed by atoms with Gasteiger partial charge in [0, 0.05) is 38.6 Å². The quantitative estimate of drug-likeness (QED) is 0.554. The molecule has 0 aromatic heterocycles. The van der Waals surface area contributed by atoms with Crippen LogP contribution in [0.3, 0.4) is 0 Å². The molecule has 4 rings (SSSR count). The molecule has 2 aromatic rings. The van der Waals surface area contributed by atoms with Crippen molar-refractivity contribution in [3.05, 3.63) is 65.2 Å². The normalized spacial score (nSPS) is 21.1. The molecule has 2 heterocycles. The van der Waals surface area contributed by atoms with Gasteiger partial charge in [0.2, 0.25) is 11.8 Å². The van der Waals surface area contributed by atoms with Gasteiger partial charge in [-0.25, -0.2) is 8.78 Å². The molecule has 0 saturated carbocycles. The number of carbonyl (C=O) groups is 2. The smallest absolute Gasteiger partial charge is 0.226 e. The highest BCUT2D eigenvalue weighted by molar-refractivity contribution is 5.90. The van der Waals surface area contributed by atoms with Crippen LogP contribution in [0.1, 0.15) is 56.2 Å². The lowest BCUT2D eigenvalue weighted by molar-refractivity contribution is -0.129. The Bertz CT molecular complexity index is 1050. The zero-order valence-corrected chi connectivity index (χ0v) is 21.0. The van der Waals surface area contributed by atoms with E-state index in [1.165, 1.54) is 6.07 Å². The van der Waals surface area contributed by atoms with E-state index in [2.05, 4.69) is 17.1 Å². The molecule has 2 fully saturated rings. The fourth-order valence-electron chi connectivity index (χ4n) is 5.27. The molecule has 6 nitrogen and oxygen atoms in total. The summed E-state index contributed by atoms with van der Waals surface area (Å²) in [6.45, 7) is 4.77. The minimum absolute atomic E-state index is 0.0192. The van der Waals surface area contributed by atoms with Crippen molar-refractivity contribution in [3.8, 4) is 5.75 Å². The second-order valence-corrected chi connectivity index (χ2v) is 9.78. The number of amides is 2. The second-order valence-electron chi connectivity index (χ2n) is 9.78. The fourth-order valence-corrected chi connectivity index (χ4v) is 5.27. The van der Waals surface area contributed by atoms with Crippen LogP contribution < -0.4 is 10.1 Å². The molecule has 0 unspecified atom stereocenters. The minimum atomic E-state index is -0.841. The number of ether oxygens (including phenoxy) is 1. The molecule has 2 aliphatic rings. The molecular weight excluding hydrogens is 464 g/mol. The van der Waals surface area contributed by atoms with Gasteiger partial charge < -0.3 is 15.0 Å². The zero-order chi connectivity index (χ0) is 25.7. The largest absolute Gasteiger partial charge is 0.497 e. The predicted molar refractivity (Wildman–Crippen MR) is 133 cm³/mol. The zero-order valence-electron chi connectivity index (χ0n) is 21.0. The molecule has 2 amide bonds. The van der Waals surface area contributed by atoms with E-state index in [0.29, 0.717) is 13.1 Å². The molecular formula is C28H35F2N3O3. The van der Waals surface area contributed by atoms with Gasteiger partial charge in [0.1, 0.15) is 5.75 Å². The maximum absolute atomic E-state index is 13.5. The van der Waals surface area contributed by atoms with Gasteiger partial charge in [0.15, 0.2) is 11.6 Å². The highest BCUT2D eigenvalue weighted by Crippen LogP contribution is 2.39. The number of nitrogens with zero attached hydrogens (tertiary/aromatic N) is 2. The van der Waals surface area contributed by atoms with Gasteiger partial charge in [-0.15, -0.1) is 0 Å². The Balaban J connectivity index is 1.38. The molecule has 0 spiro atoms. The Morgan fingerprint density at radius 1 is 1.08 bits per heavy atom. The molecule has 36 heavy (non-hydrogen) atoms. The number of unbranched alkanes of at least 4 members (excludes halogenated alkanes) is 1. The summed E-state index contributed by atoms with van der Waals surface area (Å²) in [6.07, 6.45) is 3.61. The number of methoxy groups -OCH3 is 1. The number of piperidine rings is 1. The molecule has 2 aromatic carbocycles. The van der Waals surface area contributed by atoms with Crippen LogP contribution in [0.4, 0.5) is 8.78 Å². The van der Waals surface area contributed by atoms with Crippen LogP contribution in [-0.4, -0.2) is 54.4 Å². The maximum atomic E-state index is 13.5. The van der Waals surface area contributed by atoms with Crippen LogP contribution in [0.25, 0.3) is 0 Å². The molecule has 2 atom stereocenters. The van der Waals surface area contributed by atoms with Crippen molar-refractivity contribution >= 4 is 11.8 Å². The molecule has 0 radical (unpaired) electrons. The van der Waals surface area contributed by atoms with Crippen molar-refractivity contribution < 1.29 is 23.1 Å². The Morgan fingerprint density at radius 3 is 2.44 bits per heavy atom. The van der Waals surface area contributed by atoms with Gasteiger partial charge in [-0.3, -0.25) is 14.5 Å². The van der Waals surface area contributed by atoms with Crippen molar-refractivity contribution in [2.24, 2.45) is 5.92 Å². The second kappa shape index (κ2) is 11.8. The lowest BCUT2D eigenvalue weighted by atomic mass is 9.91. The topological polar surface area (TPSA) is 61.9 Å². The lowest BCUT2D eigenvalue weighted by Crippen LogP contribution is -2.46. The van der Waals surface area contributed by atoms with Gasteiger partial charge in [0.05, 0.1) is 19.1 Å². The fraction of sp³-hybridized carbons (Fsp3) is 0.500. The SMILES string of the molecule is CCCCN1C(=O)C[C@@H](C(=O)NC2CCN(Cc3ccc(F)c(F)c3)CC2)[C@@H]1c1ccc(OC)cc1. The van der Waals surface area contributed by atoms with Crippen molar-refractivity contribution in [2.75, 3.05) is 26.7 Å². The van der Waals surface area contributed by atoms with Gasteiger partial charge in [0.25, 0.3) is 0 Å². The monoisotopic (exact) mass is 499 g/mol. The first kappa shape index (κ1) is 26.1. The van der Waals surface area contributed by atoms with Gasteiger partial charge in [-0.2, -0.15) is 0 Å². The molecule has 2 aliphatic heterocycles. The van der Waals surface area contributed by atoms with E-state index >= 15 is 0 Å². The standard InChI is InChI=1S/C28H35F2N3O3/c1-3-4-13-33-26(34)17-23(27(33)20-6-8-22(36-2)9-7-20)28(35)31-21-11-14-32(15-12-21)18-19-5-10-24(29)25(30)16-19/h5-10,16,21,23,27H,3-4,11-15,17-18H2,1-2H3,(H,31,35)/t23-,27+/m1/s1. The van der Waals surface area contributed by atoms with Crippen LogP contribution >= 0.6 is 0 Å². The van der Waals surface area contributed by atoms with Crippen LogP contribution in [0.2, 0.25) is 0 Å². The first-order valence-corrected chi connectivity index (χ1v) is 12.8. The van der Waals surface area contributed by atoms with E-state index in [0.717, 1.165) is 61.7 Å². The molecule has 0 bridgehead atoms. The third-order valence-corrected chi connectivity index (χ3v) is 7.30. The number of benzene rings is 2. The van der Waals surface area contributed by atoms with E-state index in [-0.39, 0.29) is 30.3 Å². The van der Waals surface area contributed by atoms with E-state index < -0.39 is 17.6 Å². The number of carbonyl (C=O) groups excluding carboxylic acids is 2. The molecule has 2 saturated heterocycles. The first-order chi connectivity index (χ1) is 17.4. The number of halogens is 2. The Labute approximate surface area is 211 Å². The summed E-state index contributed by atoms with van der Waals surface area (Å²) in [6, 6.07) is 11.4. The third-order valence-electron chi connectivity index (χ3n) is 7.30. The average molecular weight is 500 g/mol. The molecule has 194 valence electrons. The summed E-state index contributed by atoms with van der Waals surface area (Å²) in [5.74, 6) is -1.44. The predicted octanol–water partition coefficient (Wildman–Crippen LogP) is 4.44. The molecule has 0 aliphatic carbocycles. The van der Waals surface area contributed by atoms with Crippen LogP contribution in [-0.2, 0) is 16.1 Å². The van der Waals surface area contributed by atoms with Crippen LogP contribution in [0.5, 0.6) is 5.75 Å². The van der Waals surface area contributed by atoms with E-state index in [1.807, 2.05) is 29.2 Å². The van der Waals surface area contributed by atoms with E-state index in [4.69, 9.17) is 4.74 Å². The number of hydrogen-bond donors (Lipinski definition) is 1. The van der Waals surface area contributed by atoms with Gasteiger partial charge in [-0.1, -0.05) is 31.5 Å². The summed E-state index contributed by atoms with van der Waals surface area (Å²) in [5, 5.41) is 3.20. The Kier molecular flexibility index (Phi) is 8.56. The lowest BCUT2D eigenvalue weighted by Gasteiger charge is -2.34. The number of nitrogens with one attached hydrogen (secondary N) is 1. The maximum Gasteiger partial charge on any atom is 0.226 e. The summed E-state index contributed by atoms with van der Waals surface area (Å²) in [4.78, 5) is 30.4. The highest BCUT2D eigenvalue weighted by atomic mass is 19.2.